The fourth-order valence-corrected chi connectivity index (χ4v) is 7.90. The molecule has 6 heteroatoms. The molecule has 6 nitrogen and oxygen atoms in total. The number of fused-ring (bicyclic) bond motifs is 4. The Balaban J connectivity index is 1.51. The number of hydrogen-bond acceptors (Lipinski definition) is 5. The van der Waals surface area contributed by atoms with Crippen molar-refractivity contribution in [2.45, 2.75) is 81.8 Å². The van der Waals surface area contributed by atoms with E-state index in [1.807, 2.05) is 0 Å². The number of piperidine rings is 2. The number of hydrogen-bond donors (Lipinski definition) is 2. The van der Waals surface area contributed by atoms with E-state index in [9.17, 15) is 9.90 Å². The maximum absolute atomic E-state index is 13.7. The number of carbonyl (C=O) groups excluding carboxylic acids is 1. The molecule has 2 aliphatic carbocycles. The number of methoxy groups -OCH3 is 2. The minimum atomic E-state index is -0.590. The van der Waals surface area contributed by atoms with Gasteiger partial charge in [-0.15, -0.1) is 0 Å². The zero-order chi connectivity index (χ0) is 21.0. The lowest BCUT2D eigenvalue weighted by atomic mass is 9.56. The van der Waals surface area contributed by atoms with Gasteiger partial charge in [0.25, 0.3) is 0 Å². The third-order valence-corrected chi connectivity index (χ3v) is 9.15. The average Bonchev–Trinajstić information content (AvgIpc) is 3.24. The number of rotatable bonds is 3. The van der Waals surface area contributed by atoms with Gasteiger partial charge in [0.1, 0.15) is 6.10 Å². The van der Waals surface area contributed by atoms with Crippen molar-refractivity contribution in [3.63, 3.8) is 0 Å². The number of amides is 1. The Kier molecular flexibility index (Phi) is 5.61. The third-order valence-electron chi connectivity index (χ3n) is 9.15. The second kappa shape index (κ2) is 8.10. The van der Waals surface area contributed by atoms with Gasteiger partial charge in [-0.1, -0.05) is 19.4 Å². The Morgan fingerprint density at radius 2 is 1.73 bits per heavy atom. The summed E-state index contributed by atoms with van der Waals surface area (Å²) in [6.45, 7) is 5.38. The molecule has 5 aliphatic rings. The SMILES string of the molecule is C=C1NC2CCCCC2C2C(=O)N3CCCC3C(C3CC(OC)C(O)C(OC)C3)C12. The molecule has 3 heterocycles. The molecule has 8 atom stereocenters. The van der Waals surface area contributed by atoms with E-state index in [4.69, 9.17) is 9.47 Å². The van der Waals surface area contributed by atoms with Crippen molar-refractivity contribution >= 4 is 5.91 Å². The van der Waals surface area contributed by atoms with E-state index in [1.54, 1.807) is 14.2 Å². The molecule has 0 bridgehead atoms. The summed E-state index contributed by atoms with van der Waals surface area (Å²) >= 11 is 0. The highest BCUT2D eigenvalue weighted by molar-refractivity contribution is 5.82. The molecule has 30 heavy (non-hydrogen) atoms. The molecule has 8 unspecified atom stereocenters. The van der Waals surface area contributed by atoms with Crippen LogP contribution in [0.5, 0.6) is 0 Å². The molecule has 0 aromatic rings. The molecule has 2 saturated carbocycles. The van der Waals surface area contributed by atoms with Crippen LogP contribution in [0.3, 0.4) is 0 Å². The topological polar surface area (TPSA) is 71.0 Å². The van der Waals surface area contributed by atoms with Crippen LogP contribution in [0.2, 0.25) is 0 Å². The molecule has 5 rings (SSSR count). The van der Waals surface area contributed by atoms with Gasteiger partial charge < -0.3 is 24.8 Å². The van der Waals surface area contributed by atoms with Gasteiger partial charge >= 0.3 is 0 Å². The van der Waals surface area contributed by atoms with Gasteiger partial charge in [-0.2, -0.15) is 0 Å². The van der Waals surface area contributed by atoms with Crippen molar-refractivity contribution in [2.24, 2.45) is 29.6 Å². The van der Waals surface area contributed by atoms with Crippen molar-refractivity contribution in [1.82, 2.24) is 10.2 Å². The van der Waals surface area contributed by atoms with Crippen LogP contribution in [0.15, 0.2) is 12.3 Å². The number of allylic oxidation sites excluding steroid dienone is 1. The van der Waals surface area contributed by atoms with Gasteiger partial charge in [-0.3, -0.25) is 4.79 Å². The molecular formula is C24H38N2O4. The summed E-state index contributed by atoms with van der Waals surface area (Å²) in [4.78, 5) is 16.0. The number of nitrogens with one attached hydrogen (secondary N) is 1. The van der Waals surface area contributed by atoms with Crippen molar-refractivity contribution in [2.75, 3.05) is 20.8 Å². The van der Waals surface area contributed by atoms with Gasteiger partial charge in [0.05, 0.1) is 18.1 Å². The smallest absolute Gasteiger partial charge is 0.226 e. The van der Waals surface area contributed by atoms with E-state index in [0.717, 1.165) is 50.8 Å². The third kappa shape index (κ3) is 3.13. The van der Waals surface area contributed by atoms with Gasteiger partial charge in [0, 0.05) is 44.5 Å². The lowest BCUT2D eigenvalue weighted by molar-refractivity contribution is -0.165. The summed E-state index contributed by atoms with van der Waals surface area (Å²) in [7, 11) is 3.37. The predicted molar refractivity (Wildman–Crippen MR) is 114 cm³/mol. The van der Waals surface area contributed by atoms with Crippen LogP contribution in [0.4, 0.5) is 0 Å². The molecule has 5 fully saturated rings. The number of carbonyl (C=O) groups is 1. The second-order valence-corrected chi connectivity index (χ2v) is 10.4. The highest BCUT2D eigenvalue weighted by Crippen LogP contribution is 2.54. The molecule has 3 aliphatic heterocycles. The highest BCUT2D eigenvalue weighted by Gasteiger charge is 2.59. The van der Waals surface area contributed by atoms with E-state index >= 15 is 0 Å². The summed E-state index contributed by atoms with van der Waals surface area (Å²) < 4.78 is 11.4. The number of aliphatic hydroxyl groups excluding tert-OH is 1. The first-order valence-corrected chi connectivity index (χ1v) is 12.0. The minimum absolute atomic E-state index is 0.0669. The fraction of sp³-hybridized carbons (Fsp3) is 0.875. The summed E-state index contributed by atoms with van der Waals surface area (Å²) in [6.07, 6.45) is 7.57. The van der Waals surface area contributed by atoms with Gasteiger partial charge in [0.15, 0.2) is 0 Å². The van der Waals surface area contributed by atoms with E-state index in [-0.39, 0.29) is 30.1 Å². The molecule has 2 N–H and O–H groups in total. The van der Waals surface area contributed by atoms with Crippen molar-refractivity contribution in [1.29, 1.82) is 0 Å². The van der Waals surface area contributed by atoms with E-state index in [0.29, 0.717) is 29.7 Å². The van der Waals surface area contributed by atoms with E-state index in [1.165, 1.54) is 12.8 Å². The van der Waals surface area contributed by atoms with Gasteiger partial charge in [-0.05, 0) is 56.3 Å². The number of aliphatic hydroxyl groups is 1. The van der Waals surface area contributed by atoms with Crippen LogP contribution >= 0.6 is 0 Å². The lowest BCUT2D eigenvalue weighted by Crippen LogP contribution is -2.65. The van der Waals surface area contributed by atoms with Gasteiger partial charge in [-0.25, -0.2) is 0 Å². The fourth-order valence-electron chi connectivity index (χ4n) is 7.90. The van der Waals surface area contributed by atoms with Gasteiger partial charge in [0.2, 0.25) is 5.91 Å². The monoisotopic (exact) mass is 418 g/mol. The normalized spacial score (nSPS) is 48.6. The standard InChI is InChI=1S/C24H38N2O4/c1-13-20-21(14-11-18(29-2)23(27)19(12-14)30-3)17-9-6-10-26(17)24(28)22(20)15-7-4-5-8-16(15)25-13/h14-23,25,27H,1,4-12H2,2-3H3. The Bertz CT molecular complexity index is 670. The number of nitrogens with zero attached hydrogens (tertiary/aromatic N) is 1. The Morgan fingerprint density at radius 1 is 1.03 bits per heavy atom. The molecule has 0 spiro atoms. The first kappa shape index (κ1) is 20.8. The van der Waals surface area contributed by atoms with Crippen LogP contribution in [0.25, 0.3) is 0 Å². The predicted octanol–water partition coefficient (Wildman–Crippen LogP) is 2.32. The zero-order valence-corrected chi connectivity index (χ0v) is 18.5. The van der Waals surface area contributed by atoms with Crippen molar-refractivity contribution in [3.05, 3.63) is 12.3 Å². The van der Waals surface area contributed by atoms with Crippen LogP contribution in [-0.4, -0.2) is 67.1 Å². The zero-order valence-electron chi connectivity index (χ0n) is 18.5. The quantitative estimate of drug-likeness (QED) is 0.736. The molecule has 0 radical (unpaired) electrons. The summed E-state index contributed by atoms with van der Waals surface area (Å²) in [5.74, 6) is 1.79. The molecule has 3 saturated heterocycles. The first-order chi connectivity index (χ1) is 14.5. The maximum atomic E-state index is 13.7. The number of ether oxygens (including phenoxy) is 2. The van der Waals surface area contributed by atoms with Crippen molar-refractivity contribution < 1.29 is 19.4 Å². The Hall–Kier alpha value is -1.11. The average molecular weight is 419 g/mol. The van der Waals surface area contributed by atoms with E-state index < -0.39 is 6.10 Å². The largest absolute Gasteiger partial charge is 0.388 e. The minimum Gasteiger partial charge on any atom is -0.388 e. The second-order valence-electron chi connectivity index (χ2n) is 10.4. The summed E-state index contributed by atoms with van der Waals surface area (Å²) in [5.41, 5.74) is 1.09. The van der Waals surface area contributed by atoms with Crippen molar-refractivity contribution in [3.8, 4) is 0 Å². The summed E-state index contributed by atoms with van der Waals surface area (Å²) in [5, 5.41) is 14.4. The molecule has 0 aromatic carbocycles. The van der Waals surface area contributed by atoms with Crippen LogP contribution in [0, 0.1) is 29.6 Å². The molecule has 1 amide bonds. The molecule has 0 aromatic heterocycles. The molecular weight excluding hydrogens is 380 g/mol. The summed E-state index contributed by atoms with van der Waals surface area (Å²) in [6, 6.07) is 0.690. The first-order valence-electron chi connectivity index (χ1n) is 12.0. The lowest BCUT2D eigenvalue weighted by Gasteiger charge is -2.57. The van der Waals surface area contributed by atoms with Crippen LogP contribution in [0.1, 0.15) is 51.4 Å². The van der Waals surface area contributed by atoms with E-state index in [2.05, 4.69) is 16.8 Å². The Morgan fingerprint density at radius 3 is 2.43 bits per heavy atom. The Labute approximate surface area is 180 Å². The van der Waals surface area contributed by atoms with Crippen LogP contribution in [-0.2, 0) is 14.3 Å². The molecule has 168 valence electrons. The van der Waals surface area contributed by atoms with Crippen LogP contribution < -0.4 is 5.32 Å². The highest BCUT2D eigenvalue weighted by atomic mass is 16.5. The maximum Gasteiger partial charge on any atom is 0.226 e.